The van der Waals surface area contributed by atoms with Gasteiger partial charge in [0.15, 0.2) is 0 Å². The number of nitrogens with one attached hydrogen (secondary N) is 1. The number of aliphatic hydroxyl groups is 1. The zero-order chi connectivity index (χ0) is 18.2. The normalized spacial score (nSPS) is 13.1. The van der Waals surface area contributed by atoms with Gasteiger partial charge in [0.05, 0.1) is 18.8 Å². The van der Waals surface area contributed by atoms with Crippen LogP contribution in [0.4, 0.5) is 0 Å². The van der Waals surface area contributed by atoms with E-state index < -0.39 is 12.1 Å². The van der Waals surface area contributed by atoms with Gasteiger partial charge in [0, 0.05) is 17.1 Å². The summed E-state index contributed by atoms with van der Waals surface area (Å²) in [6, 6.07) is 13.8. The second-order valence-electron chi connectivity index (χ2n) is 5.63. The molecule has 0 aromatic heterocycles. The molecule has 2 atom stereocenters. The molecule has 0 saturated carbocycles. The van der Waals surface area contributed by atoms with Crippen molar-refractivity contribution in [3.63, 3.8) is 0 Å². The molecular formula is C19H22BrNO4. The fourth-order valence-corrected chi connectivity index (χ4v) is 2.55. The Morgan fingerprint density at radius 1 is 1.20 bits per heavy atom. The minimum Gasteiger partial charge on any atom is -0.491 e. The van der Waals surface area contributed by atoms with Gasteiger partial charge in [0.2, 0.25) is 0 Å². The number of aliphatic hydroxyl groups excluding tert-OH is 1. The Hall–Kier alpha value is -1.89. The summed E-state index contributed by atoms with van der Waals surface area (Å²) >= 11 is 3.36. The van der Waals surface area contributed by atoms with Crippen molar-refractivity contribution in [1.29, 1.82) is 0 Å². The molecule has 0 fully saturated rings. The summed E-state index contributed by atoms with van der Waals surface area (Å²) in [5.41, 5.74) is 1.22. The van der Waals surface area contributed by atoms with Crippen LogP contribution in [0, 0.1) is 0 Å². The third-order valence-electron chi connectivity index (χ3n) is 3.70. The van der Waals surface area contributed by atoms with Crippen LogP contribution in [-0.4, -0.2) is 37.4 Å². The first-order valence-electron chi connectivity index (χ1n) is 7.97. The molecule has 2 rings (SSSR count). The maximum atomic E-state index is 12.4. The Balaban J connectivity index is 1.98. The van der Waals surface area contributed by atoms with Crippen molar-refractivity contribution < 1.29 is 19.4 Å². The van der Waals surface area contributed by atoms with Gasteiger partial charge in [0.1, 0.15) is 12.4 Å². The Labute approximate surface area is 156 Å². The van der Waals surface area contributed by atoms with E-state index in [0.29, 0.717) is 24.5 Å². The van der Waals surface area contributed by atoms with Gasteiger partial charge in [-0.3, -0.25) is 4.79 Å². The second-order valence-corrected chi connectivity index (χ2v) is 6.54. The van der Waals surface area contributed by atoms with Crippen molar-refractivity contribution in [2.75, 3.05) is 20.3 Å². The number of hydrogen-bond donors (Lipinski definition) is 2. The molecule has 2 aromatic rings. The Bertz CT molecular complexity index is 690. The molecule has 0 saturated heterocycles. The molecule has 0 aliphatic carbocycles. The molecule has 25 heavy (non-hydrogen) atoms. The lowest BCUT2D eigenvalue weighted by Gasteiger charge is -2.21. The number of benzene rings is 2. The molecule has 0 aliphatic rings. The lowest BCUT2D eigenvalue weighted by atomic mass is 10.0. The quantitative estimate of drug-likeness (QED) is 0.658. The van der Waals surface area contributed by atoms with Crippen LogP contribution in [0.2, 0.25) is 0 Å². The predicted molar refractivity (Wildman–Crippen MR) is 99.8 cm³/mol. The number of carbonyl (C=O) groups is 1. The van der Waals surface area contributed by atoms with E-state index in [9.17, 15) is 9.90 Å². The second kappa shape index (κ2) is 9.56. The average molecular weight is 408 g/mol. The smallest absolute Gasteiger partial charge is 0.251 e. The largest absolute Gasteiger partial charge is 0.491 e. The van der Waals surface area contributed by atoms with Gasteiger partial charge in [-0.1, -0.05) is 34.1 Å². The van der Waals surface area contributed by atoms with Gasteiger partial charge in [-0.2, -0.15) is 0 Å². The summed E-state index contributed by atoms with van der Waals surface area (Å²) in [5.74, 6) is 0.340. The fourth-order valence-electron chi connectivity index (χ4n) is 2.29. The molecule has 0 radical (unpaired) electrons. The summed E-state index contributed by atoms with van der Waals surface area (Å²) < 4.78 is 11.4. The molecule has 0 aliphatic heterocycles. The minimum absolute atomic E-state index is 0.263. The number of rotatable bonds is 8. The highest BCUT2D eigenvalue weighted by molar-refractivity contribution is 9.10. The van der Waals surface area contributed by atoms with E-state index in [-0.39, 0.29) is 5.91 Å². The lowest BCUT2D eigenvalue weighted by Crippen LogP contribution is -2.37. The third kappa shape index (κ3) is 5.85. The highest BCUT2D eigenvalue weighted by atomic mass is 79.9. The van der Waals surface area contributed by atoms with E-state index in [0.717, 1.165) is 10.0 Å². The van der Waals surface area contributed by atoms with E-state index in [1.165, 1.54) is 0 Å². The molecule has 5 nitrogen and oxygen atoms in total. The molecule has 134 valence electrons. The van der Waals surface area contributed by atoms with E-state index in [1.54, 1.807) is 38.3 Å². The SMILES string of the molecule is COCCOc1cccc(C(=O)N[C@H](C)[C@H](O)c2ccc(Br)cc2)c1. The molecule has 2 N–H and O–H groups in total. The topological polar surface area (TPSA) is 67.8 Å². The zero-order valence-electron chi connectivity index (χ0n) is 14.2. The van der Waals surface area contributed by atoms with Crippen molar-refractivity contribution in [2.45, 2.75) is 19.1 Å². The van der Waals surface area contributed by atoms with Crippen molar-refractivity contribution in [3.05, 3.63) is 64.1 Å². The van der Waals surface area contributed by atoms with E-state index in [4.69, 9.17) is 9.47 Å². The van der Waals surface area contributed by atoms with Gasteiger partial charge in [-0.05, 0) is 42.8 Å². The predicted octanol–water partition coefficient (Wildman–Crippen LogP) is 3.33. The zero-order valence-corrected chi connectivity index (χ0v) is 15.8. The lowest BCUT2D eigenvalue weighted by molar-refractivity contribution is 0.0851. The molecule has 6 heteroatoms. The Kier molecular flexibility index (Phi) is 7.43. The fraction of sp³-hybridized carbons (Fsp3) is 0.316. The van der Waals surface area contributed by atoms with Crippen LogP contribution >= 0.6 is 15.9 Å². The van der Waals surface area contributed by atoms with Gasteiger partial charge >= 0.3 is 0 Å². The third-order valence-corrected chi connectivity index (χ3v) is 4.22. The van der Waals surface area contributed by atoms with E-state index in [2.05, 4.69) is 21.2 Å². The minimum atomic E-state index is -0.793. The summed E-state index contributed by atoms with van der Waals surface area (Å²) in [5, 5.41) is 13.2. The number of hydrogen-bond acceptors (Lipinski definition) is 4. The Morgan fingerprint density at radius 3 is 2.60 bits per heavy atom. The van der Waals surface area contributed by atoms with Crippen molar-refractivity contribution >= 4 is 21.8 Å². The number of amides is 1. The summed E-state index contributed by atoms with van der Waals surface area (Å²) in [4.78, 5) is 12.4. The molecule has 2 aromatic carbocycles. The van der Waals surface area contributed by atoms with Crippen LogP contribution in [0.1, 0.15) is 28.9 Å². The number of methoxy groups -OCH3 is 1. The first kappa shape index (κ1) is 19.4. The Morgan fingerprint density at radius 2 is 1.92 bits per heavy atom. The summed E-state index contributed by atoms with van der Waals surface area (Å²) in [6.45, 7) is 2.66. The molecule has 0 spiro atoms. The van der Waals surface area contributed by atoms with Crippen molar-refractivity contribution in [3.8, 4) is 5.75 Å². The van der Waals surface area contributed by atoms with Crippen LogP contribution in [0.3, 0.4) is 0 Å². The maximum absolute atomic E-state index is 12.4. The highest BCUT2D eigenvalue weighted by Crippen LogP contribution is 2.20. The highest BCUT2D eigenvalue weighted by Gasteiger charge is 2.19. The molecule has 0 bridgehead atoms. The maximum Gasteiger partial charge on any atom is 0.251 e. The van der Waals surface area contributed by atoms with E-state index in [1.807, 2.05) is 24.3 Å². The van der Waals surface area contributed by atoms with Crippen molar-refractivity contribution in [1.82, 2.24) is 5.32 Å². The molecule has 0 unspecified atom stereocenters. The van der Waals surface area contributed by atoms with Gasteiger partial charge in [-0.25, -0.2) is 0 Å². The van der Waals surface area contributed by atoms with Gasteiger partial charge in [-0.15, -0.1) is 0 Å². The van der Waals surface area contributed by atoms with Gasteiger partial charge in [0.25, 0.3) is 5.91 Å². The molecule has 1 amide bonds. The average Bonchev–Trinajstić information content (AvgIpc) is 2.62. The van der Waals surface area contributed by atoms with Gasteiger partial charge < -0.3 is 19.9 Å². The standard InChI is InChI=1S/C19H22BrNO4/c1-13(18(22)14-6-8-16(20)9-7-14)21-19(23)15-4-3-5-17(12-15)25-11-10-24-2/h3-9,12-13,18,22H,10-11H2,1-2H3,(H,21,23)/t13-,18+/m1/s1. The monoisotopic (exact) mass is 407 g/mol. The first-order chi connectivity index (χ1) is 12.0. The first-order valence-corrected chi connectivity index (χ1v) is 8.76. The number of halogens is 1. The molecular weight excluding hydrogens is 386 g/mol. The van der Waals surface area contributed by atoms with Crippen LogP contribution in [-0.2, 0) is 4.74 Å². The van der Waals surface area contributed by atoms with Crippen molar-refractivity contribution in [2.24, 2.45) is 0 Å². The summed E-state index contributed by atoms with van der Waals surface area (Å²) in [6.07, 6.45) is -0.793. The van der Waals surface area contributed by atoms with Crippen LogP contribution in [0.25, 0.3) is 0 Å². The molecule has 0 heterocycles. The van der Waals surface area contributed by atoms with Crippen LogP contribution in [0.5, 0.6) is 5.75 Å². The van der Waals surface area contributed by atoms with E-state index >= 15 is 0 Å². The summed E-state index contributed by atoms with van der Waals surface area (Å²) in [7, 11) is 1.60. The number of ether oxygens (including phenoxy) is 2. The number of carbonyl (C=O) groups excluding carboxylic acids is 1. The van der Waals surface area contributed by atoms with Crippen LogP contribution in [0.15, 0.2) is 53.0 Å². The van der Waals surface area contributed by atoms with Crippen LogP contribution < -0.4 is 10.1 Å².